The molecule has 1 aliphatic heterocycles. The van der Waals surface area contributed by atoms with Gasteiger partial charge in [0.2, 0.25) is 0 Å². The summed E-state index contributed by atoms with van der Waals surface area (Å²) in [7, 11) is 1.90. The minimum atomic E-state index is 0.0938. The van der Waals surface area contributed by atoms with Gasteiger partial charge in [-0.2, -0.15) is 0 Å². The molecule has 2 heteroatoms. The Labute approximate surface area is 116 Å². The van der Waals surface area contributed by atoms with Gasteiger partial charge in [0.15, 0.2) is 0 Å². The predicted octanol–water partition coefficient (Wildman–Crippen LogP) is 2.98. The molecule has 0 bridgehead atoms. The summed E-state index contributed by atoms with van der Waals surface area (Å²) in [6.45, 7) is 6.03. The fourth-order valence-electron chi connectivity index (χ4n) is 4.15. The Morgan fingerprint density at radius 1 is 1.16 bits per heavy atom. The lowest BCUT2D eigenvalue weighted by Crippen LogP contribution is -2.34. The van der Waals surface area contributed by atoms with Crippen molar-refractivity contribution in [2.24, 2.45) is 11.8 Å². The monoisotopic (exact) mass is 259 g/mol. The van der Waals surface area contributed by atoms with E-state index in [1.165, 1.54) is 38.0 Å². The predicted molar refractivity (Wildman–Crippen MR) is 78.2 cm³/mol. The second kappa shape index (κ2) is 5.26. The van der Waals surface area contributed by atoms with E-state index in [9.17, 15) is 0 Å². The molecule has 1 unspecified atom stereocenters. The van der Waals surface area contributed by atoms with Crippen LogP contribution >= 0.6 is 0 Å². The van der Waals surface area contributed by atoms with Crippen LogP contribution in [0.2, 0.25) is 0 Å². The van der Waals surface area contributed by atoms with Gasteiger partial charge in [0, 0.05) is 26.6 Å². The van der Waals surface area contributed by atoms with E-state index in [-0.39, 0.29) is 5.60 Å². The van der Waals surface area contributed by atoms with Crippen LogP contribution in [0.3, 0.4) is 0 Å². The van der Waals surface area contributed by atoms with Crippen LogP contribution in [0.15, 0.2) is 30.3 Å². The van der Waals surface area contributed by atoms with Crippen molar-refractivity contribution in [3.05, 3.63) is 35.9 Å². The number of methoxy groups -OCH3 is 1. The molecule has 0 spiro atoms. The highest BCUT2D eigenvalue weighted by molar-refractivity contribution is 5.18. The lowest BCUT2D eigenvalue weighted by Gasteiger charge is -2.30. The summed E-state index contributed by atoms with van der Waals surface area (Å²) in [5.41, 5.74) is 1.51. The smallest absolute Gasteiger partial charge is 0.0725 e. The third-order valence-corrected chi connectivity index (χ3v) is 5.17. The molecule has 19 heavy (non-hydrogen) atoms. The van der Waals surface area contributed by atoms with E-state index >= 15 is 0 Å². The van der Waals surface area contributed by atoms with Crippen LogP contribution in [0, 0.1) is 11.8 Å². The van der Waals surface area contributed by atoms with Gasteiger partial charge in [-0.25, -0.2) is 0 Å². The second-order valence-corrected chi connectivity index (χ2v) is 6.33. The van der Waals surface area contributed by atoms with Gasteiger partial charge in [-0.3, -0.25) is 0 Å². The van der Waals surface area contributed by atoms with Crippen molar-refractivity contribution < 1.29 is 4.74 Å². The maximum atomic E-state index is 5.99. The van der Waals surface area contributed by atoms with Crippen molar-refractivity contribution in [1.29, 1.82) is 0 Å². The van der Waals surface area contributed by atoms with E-state index in [0.717, 1.165) is 18.3 Å². The van der Waals surface area contributed by atoms with E-state index < -0.39 is 0 Å². The van der Waals surface area contributed by atoms with Crippen LogP contribution < -0.4 is 0 Å². The first kappa shape index (κ1) is 13.1. The van der Waals surface area contributed by atoms with Crippen molar-refractivity contribution in [2.45, 2.75) is 31.8 Å². The van der Waals surface area contributed by atoms with E-state index in [2.05, 4.69) is 42.2 Å². The molecule has 104 valence electrons. The molecule has 1 heterocycles. The summed E-state index contributed by atoms with van der Waals surface area (Å²) < 4.78 is 5.99. The van der Waals surface area contributed by atoms with Gasteiger partial charge in [0.1, 0.15) is 0 Å². The molecule has 2 fully saturated rings. The van der Waals surface area contributed by atoms with Gasteiger partial charge in [-0.1, -0.05) is 37.3 Å². The molecule has 3 rings (SSSR count). The van der Waals surface area contributed by atoms with Crippen molar-refractivity contribution in [2.75, 3.05) is 26.7 Å². The standard InChI is InChI=1S/C17H25NO/c1-3-18-12-15-10-17(19-2,11-16(15)13-18)9-14-7-5-4-6-8-14/h4-8,15-16H,3,9-13H2,1-2H3/t15-,16+,17?. The molecule has 1 saturated heterocycles. The number of hydrogen-bond acceptors (Lipinski definition) is 2. The highest BCUT2D eigenvalue weighted by atomic mass is 16.5. The van der Waals surface area contributed by atoms with Gasteiger partial charge >= 0.3 is 0 Å². The Balaban J connectivity index is 1.70. The van der Waals surface area contributed by atoms with E-state index in [1.807, 2.05) is 7.11 Å². The largest absolute Gasteiger partial charge is 0.378 e. The summed E-state index contributed by atoms with van der Waals surface area (Å²) in [6.07, 6.45) is 3.54. The maximum Gasteiger partial charge on any atom is 0.0725 e. The highest BCUT2D eigenvalue weighted by Gasteiger charge is 2.48. The molecule has 1 aliphatic carbocycles. The van der Waals surface area contributed by atoms with E-state index in [1.54, 1.807) is 0 Å². The Hall–Kier alpha value is -0.860. The summed E-state index contributed by atoms with van der Waals surface area (Å²) in [5, 5.41) is 0. The zero-order valence-electron chi connectivity index (χ0n) is 12.1. The molecule has 0 amide bonds. The number of ether oxygens (including phenoxy) is 1. The van der Waals surface area contributed by atoms with Gasteiger partial charge in [-0.15, -0.1) is 0 Å². The molecular weight excluding hydrogens is 234 g/mol. The maximum absolute atomic E-state index is 5.99. The van der Waals surface area contributed by atoms with Gasteiger partial charge in [-0.05, 0) is 36.8 Å². The molecule has 1 aromatic rings. The molecule has 0 aromatic heterocycles. The molecule has 3 atom stereocenters. The van der Waals surface area contributed by atoms with Gasteiger partial charge < -0.3 is 9.64 Å². The Bertz CT molecular complexity index is 403. The van der Waals surface area contributed by atoms with Crippen LogP contribution in [0.4, 0.5) is 0 Å². The van der Waals surface area contributed by atoms with Crippen molar-refractivity contribution in [3.8, 4) is 0 Å². The number of benzene rings is 1. The van der Waals surface area contributed by atoms with Crippen LogP contribution in [-0.2, 0) is 11.2 Å². The second-order valence-electron chi connectivity index (χ2n) is 6.33. The average molecular weight is 259 g/mol. The summed E-state index contributed by atoms with van der Waals surface area (Å²) in [5.74, 6) is 1.70. The zero-order chi connectivity index (χ0) is 13.3. The fourth-order valence-corrected chi connectivity index (χ4v) is 4.15. The first-order valence-corrected chi connectivity index (χ1v) is 7.56. The first-order chi connectivity index (χ1) is 9.24. The third kappa shape index (κ3) is 2.56. The summed E-state index contributed by atoms with van der Waals surface area (Å²) in [4.78, 5) is 2.59. The number of fused-ring (bicyclic) bond motifs is 1. The topological polar surface area (TPSA) is 12.5 Å². The number of nitrogens with zero attached hydrogens (tertiary/aromatic N) is 1. The molecule has 1 saturated carbocycles. The van der Waals surface area contributed by atoms with Crippen molar-refractivity contribution in [1.82, 2.24) is 4.90 Å². The number of hydrogen-bond donors (Lipinski definition) is 0. The Morgan fingerprint density at radius 3 is 2.32 bits per heavy atom. The molecular formula is C17H25NO. The Kier molecular flexibility index (Phi) is 3.64. The van der Waals surface area contributed by atoms with E-state index in [0.29, 0.717) is 0 Å². The molecule has 2 aliphatic rings. The molecule has 2 nitrogen and oxygen atoms in total. The fraction of sp³-hybridized carbons (Fsp3) is 0.647. The first-order valence-electron chi connectivity index (χ1n) is 7.56. The van der Waals surface area contributed by atoms with Crippen LogP contribution in [0.1, 0.15) is 25.3 Å². The lowest BCUT2D eigenvalue weighted by molar-refractivity contribution is -0.0129. The minimum Gasteiger partial charge on any atom is -0.378 e. The summed E-state index contributed by atoms with van der Waals surface area (Å²) >= 11 is 0. The number of likely N-dealkylation sites (tertiary alicyclic amines) is 1. The zero-order valence-corrected chi connectivity index (χ0v) is 12.1. The molecule has 0 radical (unpaired) electrons. The van der Waals surface area contributed by atoms with Gasteiger partial charge in [0.25, 0.3) is 0 Å². The molecule has 0 N–H and O–H groups in total. The van der Waals surface area contributed by atoms with Crippen LogP contribution in [0.5, 0.6) is 0 Å². The number of rotatable bonds is 4. The quantitative estimate of drug-likeness (QED) is 0.824. The normalized spacial score (nSPS) is 34.6. The lowest BCUT2D eigenvalue weighted by atomic mass is 9.91. The Morgan fingerprint density at radius 2 is 1.79 bits per heavy atom. The van der Waals surface area contributed by atoms with Crippen LogP contribution in [0.25, 0.3) is 0 Å². The average Bonchev–Trinajstić information content (AvgIpc) is 2.95. The van der Waals surface area contributed by atoms with Crippen molar-refractivity contribution >= 4 is 0 Å². The van der Waals surface area contributed by atoms with E-state index in [4.69, 9.17) is 4.74 Å². The highest BCUT2D eigenvalue weighted by Crippen LogP contribution is 2.46. The van der Waals surface area contributed by atoms with Crippen LogP contribution in [-0.4, -0.2) is 37.2 Å². The molecule has 1 aromatic carbocycles. The SMILES string of the molecule is CCN1C[C@@H]2CC(Cc3ccccc3)(OC)C[C@@H]2C1. The summed E-state index contributed by atoms with van der Waals surface area (Å²) in [6, 6.07) is 10.8. The van der Waals surface area contributed by atoms with Crippen molar-refractivity contribution in [3.63, 3.8) is 0 Å². The third-order valence-electron chi connectivity index (χ3n) is 5.17. The minimum absolute atomic E-state index is 0.0938. The van der Waals surface area contributed by atoms with Gasteiger partial charge in [0.05, 0.1) is 5.60 Å².